The van der Waals surface area contributed by atoms with Crippen molar-refractivity contribution in [3.05, 3.63) is 65.5 Å². The van der Waals surface area contributed by atoms with Crippen LogP contribution in [0, 0.1) is 12.7 Å². The van der Waals surface area contributed by atoms with Crippen molar-refractivity contribution in [1.29, 1.82) is 0 Å². The average molecular weight is 427 g/mol. The number of hydrogen-bond donors (Lipinski definition) is 1. The third kappa shape index (κ3) is 6.29. The fraction of sp³-hybridized carbons (Fsp3) is 0.440. The number of hydrogen-bond acceptors (Lipinski definition) is 3. The monoisotopic (exact) mass is 426 g/mol. The van der Waals surface area contributed by atoms with Gasteiger partial charge < -0.3 is 15.0 Å². The van der Waals surface area contributed by atoms with Crippen molar-refractivity contribution in [2.45, 2.75) is 64.6 Å². The number of halogens is 1. The molecule has 2 aromatic rings. The number of aryl methyl sites for hydroxylation is 1. The average Bonchev–Trinajstić information content (AvgIpc) is 3.26. The van der Waals surface area contributed by atoms with E-state index in [4.69, 9.17) is 4.74 Å². The van der Waals surface area contributed by atoms with Crippen molar-refractivity contribution in [3.8, 4) is 5.75 Å². The quantitative estimate of drug-likeness (QED) is 0.647. The van der Waals surface area contributed by atoms with E-state index in [0.717, 1.165) is 36.8 Å². The largest absolute Gasteiger partial charge is 0.481 e. The Labute approximate surface area is 183 Å². The van der Waals surface area contributed by atoms with E-state index in [1.165, 1.54) is 12.1 Å². The third-order valence-corrected chi connectivity index (χ3v) is 5.71. The van der Waals surface area contributed by atoms with Gasteiger partial charge in [-0.2, -0.15) is 0 Å². The maximum atomic E-state index is 13.9. The highest BCUT2D eigenvalue weighted by Gasteiger charge is 2.31. The minimum atomic E-state index is -0.613. The molecule has 1 atom stereocenters. The van der Waals surface area contributed by atoms with Crippen molar-refractivity contribution in [2.24, 2.45) is 0 Å². The van der Waals surface area contributed by atoms with Crippen LogP contribution in [-0.2, 0) is 16.1 Å². The van der Waals surface area contributed by atoms with Gasteiger partial charge in [-0.3, -0.25) is 9.59 Å². The van der Waals surface area contributed by atoms with E-state index < -0.39 is 11.9 Å². The van der Waals surface area contributed by atoms with Crippen molar-refractivity contribution in [2.75, 3.05) is 6.61 Å². The number of nitrogens with zero attached hydrogens (tertiary/aromatic N) is 1. The molecule has 5 nitrogen and oxygen atoms in total. The summed E-state index contributed by atoms with van der Waals surface area (Å²) in [5.74, 6) is -0.985. The summed E-state index contributed by atoms with van der Waals surface area (Å²) >= 11 is 0. The number of para-hydroxylation sites is 1. The molecule has 1 fully saturated rings. The van der Waals surface area contributed by atoms with E-state index in [9.17, 15) is 14.0 Å². The van der Waals surface area contributed by atoms with Crippen molar-refractivity contribution < 1.29 is 18.7 Å². The van der Waals surface area contributed by atoms with Gasteiger partial charge >= 0.3 is 0 Å². The van der Waals surface area contributed by atoms with Crippen LogP contribution in [0.1, 0.15) is 50.2 Å². The molecular weight excluding hydrogens is 395 g/mol. The van der Waals surface area contributed by atoms with Gasteiger partial charge in [0, 0.05) is 12.6 Å². The topological polar surface area (TPSA) is 58.6 Å². The van der Waals surface area contributed by atoms with E-state index in [2.05, 4.69) is 5.32 Å². The molecule has 0 heterocycles. The Morgan fingerprint density at radius 2 is 1.90 bits per heavy atom. The number of rotatable bonds is 9. The van der Waals surface area contributed by atoms with Crippen LogP contribution in [0.3, 0.4) is 0 Å². The van der Waals surface area contributed by atoms with Crippen LogP contribution in [0.4, 0.5) is 4.39 Å². The van der Waals surface area contributed by atoms with Gasteiger partial charge in [0.2, 0.25) is 5.91 Å². The SMILES string of the molecule is CC[C@H](C(=O)NC1CCCC1)N(Cc1cccc(C)c1)C(=O)COc1ccccc1F. The van der Waals surface area contributed by atoms with Crippen LogP contribution in [0.15, 0.2) is 48.5 Å². The van der Waals surface area contributed by atoms with Gasteiger partial charge in [0.25, 0.3) is 5.91 Å². The lowest BCUT2D eigenvalue weighted by Crippen LogP contribution is -2.52. The molecule has 1 aliphatic rings. The molecule has 2 aromatic carbocycles. The lowest BCUT2D eigenvalue weighted by molar-refractivity contribution is -0.143. The first-order chi connectivity index (χ1) is 15.0. The zero-order valence-electron chi connectivity index (χ0n) is 18.3. The highest BCUT2D eigenvalue weighted by Crippen LogP contribution is 2.20. The molecule has 0 saturated heterocycles. The van der Waals surface area contributed by atoms with Crippen LogP contribution in [-0.4, -0.2) is 35.4 Å². The predicted molar refractivity (Wildman–Crippen MR) is 118 cm³/mol. The first-order valence-corrected chi connectivity index (χ1v) is 11.0. The zero-order valence-corrected chi connectivity index (χ0v) is 18.3. The van der Waals surface area contributed by atoms with Gasteiger partial charge in [-0.1, -0.05) is 61.7 Å². The summed E-state index contributed by atoms with van der Waals surface area (Å²) in [6.45, 7) is 3.84. The molecule has 1 saturated carbocycles. The predicted octanol–water partition coefficient (Wildman–Crippen LogP) is 4.38. The zero-order chi connectivity index (χ0) is 22.2. The van der Waals surface area contributed by atoms with Gasteiger partial charge in [-0.15, -0.1) is 0 Å². The summed E-state index contributed by atoms with van der Waals surface area (Å²) < 4.78 is 19.3. The molecule has 166 valence electrons. The van der Waals surface area contributed by atoms with Crippen molar-refractivity contribution >= 4 is 11.8 Å². The molecule has 0 unspecified atom stereocenters. The summed E-state index contributed by atoms with van der Waals surface area (Å²) in [6, 6.07) is 13.4. The first-order valence-electron chi connectivity index (χ1n) is 11.0. The molecule has 1 aliphatic carbocycles. The van der Waals surface area contributed by atoms with Gasteiger partial charge in [0.1, 0.15) is 6.04 Å². The van der Waals surface area contributed by atoms with Gasteiger partial charge in [-0.05, 0) is 43.9 Å². The summed E-state index contributed by atoms with van der Waals surface area (Å²) in [4.78, 5) is 27.8. The number of ether oxygens (including phenoxy) is 1. The van der Waals surface area contributed by atoms with Gasteiger partial charge in [0.15, 0.2) is 18.2 Å². The highest BCUT2D eigenvalue weighted by atomic mass is 19.1. The van der Waals surface area contributed by atoms with Crippen LogP contribution in [0.5, 0.6) is 5.75 Å². The standard InChI is InChI=1S/C25H31FN2O3/c1-3-22(25(30)27-20-11-4-5-12-20)28(16-19-10-8-9-18(2)15-19)24(29)17-31-23-14-7-6-13-21(23)26/h6-10,13-15,20,22H,3-5,11-12,16-17H2,1-2H3,(H,27,30)/t22-/m1/s1. The molecule has 31 heavy (non-hydrogen) atoms. The first kappa shape index (κ1) is 22.8. The maximum Gasteiger partial charge on any atom is 0.261 e. The lowest BCUT2D eigenvalue weighted by Gasteiger charge is -2.31. The van der Waals surface area contributed by atoms with Crippen molar-refractivity contribution in [1.82, 2.24) is 10.2 Å². The number of carbonyl (C=O) groups excluding carboxylic acids is 2. The third-order valence-electron chi connectivity index (χ3n) is 5.71. The second kappa shape index (κ2) is 10.9. The molecule has 0 aromatic heterocycles. The number of benzene rings is 2. The molecule has 2 amide bonds. The van der Waals surface area contributed by atoms with Gasteiger partial charge in [0.05, 0.1) is 0 Å². The fourth-order valence-electron chi connectivity index (χ4n) is 4.08. The summed E-state index contributed by atoms with van der Waals surface area (Å²) in [5, 5.41) is 3.11. The maximum absolute atomic E-state index is 13.9. The van der Waals surface area contributed by atoms with E-state index in [0.29, 0.717) is 6.42 Å². The summed E-state index contributed by atoms with van der Waals surface area (Å²) in [5.41, 5.74) is 2.02. The Bertz CT molecular complexity index is 896. The molecular formula is C25H31FN2O3. The smallest absolute Gasteiger partial charge is 0.261 e. The van der Waals surface area contributed by atoms with Crippen LogP contribution in [0.25, 0.3) is 0 Å². The molecule has 0 spiro atoms. The number of carbonyl (C=O) groups is 2. The Morgan fingerprint density at radius 1 is 1.16 bits per heavy atom. The lowest BCUT2D eigenvalue weighted by atomic mass is 10.1. The Kier molecular flexibility index (Phi) is 8.04. The van der Waals surface area contributed by atoms with Crippen LogP contribution < -0.4 is 10.1 Å². The van der Waals surface area contributed by atoms with Gasteiger partial charge in [-0.25, -0.2) is 4.39 Å². The summed E-state index contributed by atoms with van der Waals surface area (Å²) in [7, 11) is 0. The van der Waals surface area contributed by atoms with E-state index >= 15 is 0 Å². The minimum absolute atomic E-state index is 0.0230. The second-order valence-electron chi connectivity index (χ2n) is 8.14. The van der Waals surface area contributed by atoms with E-state index in [1.54, 1.807) is 17.0 Å². The molecule has 1 N–H and O–H groups in total. The molecule has 3 rings (SSSR count). The Hall–Kier alpha value is -2.89. The number of amides is 2. The second-order valence-corrected chi connectivity index (χ2v) is 8.14. The summed E-state index contributed by atoms with van der Waals surface area (Å²) in [6.07, 6.45) is 4.67. The molecule has 0 aliphatic heterocycles. The highest BCUT2D eigenvalue weighted by molar-refractivity contribution is 5.88. The Balaban J connectivity index is 1.77. The van der Waals surface area contributed by atoms with E-state index in [-0.39, 0.29) is 36.8 Å². The Morgan fingerprint density at radius 3 is 2.58 bits per heavy atom. The molecule has 0 radical (unpaired) electrons. The van der Waals surface area contributed by atoms with Crippen LogP contribution in [0.2, 0.25) is 0 Å². The van der Waals surface area contributed by atoms with Crippen LogP contribution >= 0.6 is 0 Å². The van der Waals surface area contributed by atoms with Crippen molar-refractivity contribution in [3.63, 3.8) is 0 Å². The fourth-order valence-corrected chi connectivity index (χ4v) is 4.08. The number of nitrogens with one attached hydrogen (secondary N) is 1. The molecule has 0 bridgehead atoms. The minimum Gasteiger partial charge on any atom is -0.481 e. The normalized spacial score (nSPS) is 14.8. The van der Waals surface area contributed by atoms with E-state index in [1.807, 2.05) is 38.1 Å². The molecule has 6 heteroatoms.